The molecule has 1 aromatic carbocycles. The predicted octanol–water partition coefficient (Wildman–Crippen LogP) is 4.52. The number of rotatable bonds is 6. The molecule has 2 N–H and O–H groups in total. The van der Waals surface area contributed by atoms with Crippen LogP contribution in [0.2, 0.25) is 5.02 Å². The highest BCUT2D eigenvalue weighted by Crippen LogP contribution is 2.32. The number of nitrogens with one attached hydrogen (secondary N) is 2. The van der Waals surface area contributed by atoms with E-state index in [0.29, 0.717) is 28.6 Å². The topological polar surface area (TPSA) is 72.0 Å². The van der Waals surface area contributed by atoms with E-state index in [2.05, 4.69) is 25.6 Å². The summed E-state index contributed by atoms with van der Waals surface area (Å²) in [5.74, 6) is 1.91. The van der Waals surface area contributed by atoms with Crippen molar-refractivity contribution in [2.75, 3.05) is 17.7 Å². The molecule has 4 rings (SSSR count). The van der Waals surface area contributed by atoms with Crippen molar-refractivity contribution in [3.63, 3.8) is 0 Å². The van der Waals surface area contributed by atoms with Gasteiger partial charge in [0.15, 0.2) is 0 Å². The summed E-state index contributed by atoms with van der Waals surface area (Å²) in [4.78, 5) is 13.6. The molecule has 6 nitrogen and oxygen atoms in total. The van der Waals surface area contributed by atoms with E-state index < -0.39 is 0 Å². The van der Waals surface area contributed by atoms with Gasteiger partial charge in [-0.3, -0.25) is 4.98 Å². The van der Waals surface area contributed by atoms with Crippen LogP contribution in [0, 0.1) is 0 Å². The summed E-state index contributed by atoms with van der Waals surface area (Å²) in [7, 11) is 1.62. The fourth-order valence-electron chi connectivity index (χ4n) is 2.55. The molecule has 0 bridgehead atoms. The number of halogens is 1. The van der Waals surface area contributed by atoms with Crippen LogP contribution in [0.25, 0.3) is 11.4 Å². The molecule has 0 atom stereocenters. The molecule has 1 saturated carbocycles. The Bertz CT molecular complexity index is 915. The van der Waals surface area contributed by atoms with Crippen LogP contribution in [0.1, 0.15) is 12.8 Å². The summed E-state index contributed by atoms with van der Waals surface area (Å²) in [6.07, 6.45) is 4.03. The van der Waals surface area contributed by atoms with E-state index >= 15 is 0 Å². The summed E-state index contributed by atoms with van der Waals surface area (Å²) in [6, 6.07) is 13.4. The lowest BCUT2D eigenvalue weighted by atomic mass is 10.2. The molecule has 3 aromatic rings. The molecule has 26 heavy (non-hydrogen) atoms. The summed E-state index contributed by atoms with van der Waals surface area (Å²) in [5, 5.41) is 7.24. The molecular weight excluding hydrogens is 350 g/mol. The molecule has 2 heterocycles. The Morgan fingerprint density at radius 3 is 2.69 bits per heavy atom. The summed E-state index contributed by atoms with van der Waals surface area (Å²) >= 11 is 6.12. The second-order valence-electron chi connectivity index (χ2n) is 6.07. The van der Waals surface area contributed by atoms with Gasteiger partial charge in [0.1, 0.15) is 11.6 Å². The fourth-order valence-corrected chi connectivity index (χ4v) is 2.72. The number of hydrogen-bond acceptors (Lipinski definition) is 6. The lowest BCUT2D eigenvalue weighted by Gasteiger charge is -2.13. The highest BCUT2D eigenvalue weighted by Gasteiger charge is 2.22. The highest BCUT2D eigenvalue weighted by atomic mass is 35.5. The van der Waals surface area contributed by atoms with Gasteiger partial charge in [0, 0.05) is 23.3 Å². The molecule has 0 radical (unpaired) electrons. The van der Waals surface area contributed by atoms with Gasteiger partial charge in [-0.25, -0.2) is 4.98 Å². The van der Waals surface area contributed by atoms with Gasteiger partial charge >= 0.3 is 0 Å². The molecule has 0 spiro atoms. The van der Waals surface area contributed by atoms with E-state index in [1.807, 2.05) is 30.3 Å². The van der Waals surface area contributed by atoms with Crippen LogP contribution in [-0.2, 0) is 0 Å². The van der Waals surface area contributed by atoms with Gasteiger partial charge in [-0.1, -0.05) is 17.7 Å². The summed E-state index contributed by atoms with van der Waals surface area (Å²) in [6.45, 7) is 0. The number of pyridine rings is 1. The average Bonchev–Trinajstić information content (AvgIpc) is 3.46. The molecule has 0 unspecified atom stereocenters. The molecule has 132 valence electrons. The van der Waals surface area contributed by atoms with E-state index in [9.17, 15) is 0 Å². The van der Waals surface area contributed by atoms with Crippen LogP contribution in [0.15, 0.2) is 48.7 Å². The van der Waals surface area contributed by atoms with Crippen molar-refractivity contribution < 1.29 is 4.74 Å². The van der Waals surface area contributed by atoms with Crippen molar-refractivity contribution in [1.82, 2.24) is 15.0 Å². The van der Waals surface area contributed by atoms with Crippen molar-refractivity contribution in [1.29, 1.82) is 0 Å². The number of aromatic nitrogens is 3. The maximum atomic E-state index is 6.12. The standard InChI is InChI=1S/C19H18ClN5O/c1-26-17-8-5-12(20)10-16(17)23-18-11-15(14-4-2-3-9-21-14)24-19(25-18)22-13-6-7-13/h2-5,8-11,13H,6-7H2,1H3,(H2,22,23,24,25). The first-order valence-corrected chi connectivity index (χ1v) is 8.76. The van der Waals surface area contributed by atoms with Crippen LogP contribution in [0.5, 0.6) is 5.75 Å². The molecular formula is C19H18ClN5O. The van der Waals surface area contributed by atoms with E-state index in [1.54, 1.807) is 25.4 Å². The van der Waals surface area contributed by atoms with Crippen molar-refractivity contribution in [3.8, 4) is 17.1 Å². The predicted molar refractivity (Wildman–Crippen MR) is 103 cm³/mol. The van der Waals surface area contributed by atoms with Crippen LogP contribution >= 0.6 is 11.6 Å². The molecule has 1 aliphatic rings. The molecule has 7 heteroatoms. The third-order valence-electron chi connectivity index (χ3n) is 3.99. The number of methoxy groups -OCH3 is 1. The first-order chi connectivity index (χ1) is 12.7. The monoisotopic (exact) mass is 367 g/mol. The minimum absolute atomic E-state index is 0.447. The van der Waals surface area contributed by atoms with Gasteiger partial charge in [0.05, 0.1) is 24.2 Å². The third kappa shape index (κ3) is 3.86. The largest absolute Gasteiger partial charge is 0.495 e. The van der Waals surface area contributed by atoms with Crippen LogP contribution in [-0.4, -0.2) is 28.1 Å². The molecule has 1 aliphatic carbocycles. The number of anilines is 3. The summed E-state index contributed by atoms with van der Waals surface area (Å²) in [5.41, 5.74) is 2.27. The average molecular weight is 368 g/mol. The molecule has 0 amide bonds. The summed E-state index contributed by atoms with van der Waals surface area (Å²) < 4.78 is 5.40. The van der Waals surface area contributed by atoms with Crippen molar-refractivity contribution >= 4 is 29.1 Å². The number of ether oxygens (including phenoxy) is 1. The Hall–Kier alpha value is -2.86. The number of nitrogens with zero attached hydrogens (tertiary/aromatic N) is 3. The highest BCUT2D eigenvalue weighted by molar-refractivity contribution is 6.31. The van der Waals surface area contributed by atoms with E-state index in [1.165, 1.54) is 0 Å². The van der Waals surface area contributed by atoms with Gasteiger partial charge in [0.25, 0.3) is 0 Å². The van der Waals surface area contributed by atoms with E-state index in [-0.39, 0.29) is 0 Å². The minimum atomic E-state index is 0.447. The first-order valence-electron chi connectivity index (χ1n) is 8.39. The maximum Gasteiger partial charge on any atom is 0.225 e. The van der Waals surface area contributed by atoms with Crippen molar-refractivity contribution in [3.05, 3.63) is 53.7 Å². The van der Waals surface area contributed by atoms with E-state index in [4.69, 9.17) is 16.3 Å². The lowest BCUT2D eigenvalue weighted by Crippen LogP contribution is -2.08. The van der Waals surface area contributed by atoms with Gasteiger partial charge in [-0.05, 0) is 43.2 Å². The SMILES string of the molecule is COc1ccc(Cl)cc1Nc1cc(-c2ccccn2)nc(NC2CC2)n1. The van der Waals surface area contributed by atoms with E-state index in [0.717, 1.165) is 29.9 Å². The molecule has 1 fully saturated rings. The van der Waals surface area contributed by atoms with Crippen LogP contribution in [0.3, 0.4) is 0 Å². The molecule has 2 aromatic heterocycles. The molecule has 0 aliphatic heterocycles. The smallest absolute Gasteiger partial charge is 0.225 e. The lowest BCUT2D eigenvalue weighted by molar-refractivity contribution is 0.417. The molecule has 0 saturated heterocycles. The van der Waals surface area contributed by atoms with Crippen molar-refractivity contribution in [2.24, 2.45) is 0 Å². The Balaban J connectivity index is 1.71. The third-order valence-corrected chi connectivity index (χ3v) is 4.22. The van der Waals surface area contributed by atoms with Crippen LogP contribution < -0.4 is 15.4 Å². The fraction of sp³-hybridized carbons (Fsp3) is 0.211. The van der Waals surface area contributed by atoms with Gasteiger partial charge in [-0.2, -0.15) is 4.98 Å². The van der Waals surface area contributed by atoms with Crippen LogP contribution in [0.4, 0.5) is 17.5 Å². The van der Waals surface area contributed by atoms with Gasteiger partial charge in [-0.15, -0.1) is 0 Å². The minimum Gasteiger partial charge on any atom is -0.495 e. The van der Waals surface area contributed by atoms with Gasteiger partial charge in [0.2, 0.25) is 5.95 Å². The second kappa shape index (κ2) is 7.17. The van der Waals surface area contributed by atoms with Crippen molar-refractivity contribution in [2.45, 2.75) is 18.9 Å². The normalized spacial score (nSPS) is 13.3. The second-order valence-corrected chi connectivity index (χ2v) is 6.50. The van der Waals surface area contributed by atoms with Gasteiger partial charge < -0.3 is 15.4 Å². The Morgan fingerprint density at radius 1 is 1.08 bits per heavy atom. The quantitative estimate of drug-likeness (QED) is 0.667. The zero-order valence-electron chi connectivity index (χ0n) is 14.2. The number of benzene rings is 1. The first kappa shape index (κ1) is 16.6. The Labute approximate surface area is 156 Å². The zero-order valence-corrected chi connectivity index (χ0v) is 15.0. The Morgan fingerprint density at radius 2 is 1.96 bits per heavy atom. The number of hydrogen-bond donors (Lipinski definition) is 2. The maximum absolute atomic E-state index is 6.12. The zero-order chi connectivity index (χ0) is 17.9. The Kier molecular flexibility index (Phi) is 4.58.